The van der Waals surface area contributed by atoms with Gasteiger partial charge in [-0.3, -0.25) is 4.79 Å². The second kappa shape index (κ2) is 8.37. The van der Waals surface area contributed by atoms with E-state index in [2.05, 4.69) is 31.3 Å². The number of nitrogens with one attached hydrogen (secondary N) is 1. The summed E-state index contributed by atoms with van der Waals surface area (Å²) in [5.41, 5.74) is 8.85. The Morgan fingerprint density at radius 1 is 1.04 bits per heavy atom. The average molecular weight is 310 g/mol. The number of carbonyl (C=O) groups is 1. The Labute approximate surface area is 138 Å². The number of nitrogens with two attached hydrogens (primary N) is 1. The number of rotatable bonds is 7. The quantitative estimate of drug-likeness (QED) is 0.765. The maximum atomic E-state index is 12.2. The minimum Gasteiger partial charge on any atom is -0.399 e. The lowest BCUT2D eigenvalue weighted by Gasteiger charge is -2.21. The molecule has 1 atom stereocenters. The monoisotopic (exact) mass is 310 g/mol. The van der Waals surface area contributed by atoms with E-state index in [-0.39, 0.29) is 11.8 Å². The maximum Gasteiger partial charge on any atom is 0.220 e. The Morgan fingerprint density at radius 2 is 1.70 bits per heavy atom. The van der Waals surface area contributed by atoms with Crippen molar-refractivity contribution in [3.8, 4) is 0 Å². The van der Waals surface area contributed by atoms with Crippen LogP contribution >= 0.6 is 0 Å². The molecule has 0 aliphatic rings. The second-order valence-corrected chi connectivity index (χ2v) is 6.31. The van der Waals surface area contributed by atoms with Crippen molar-refractivity contribution in [3.63, 3.8) is 0 Å². The van der Waals surface area contributed by atoms with E-state index in [1.165, 1.54) is 11.1 Å². The molecule has 3 nitrogen and oxygen atoms in total. The van der Waals surface area contributed by atoms with Crippen LogP contribution in [0.15, 0.2) is 54.6 Å². The van der Waals surface area contributed by atoms with Gasteiger partial charge in [-0.25, -0.2) is 0 Å². The third kappa shape index (κ3) is 5.44. The number of hydrogen-bond donors (Lipinski definition) is 2. The van der Waals surface area contributed by atoms with Crippen LogP contribution in [-0.2, 0) is 11.2 Å². The van der Waals surface area contributed by atoms with E-state index in [9.17, 15) is 4.79 Å². The molecule has 0 aliphatic heterocycles. The molecular weight excluding hydrogens is 284 g/mol. The molecule has 0 radical (unpaired) electrons. The number of hydrogen-bond acceptors (Lipinski definition) is 2. The van der Waals surface area contributed by atoms with Gasteiger partial charge in [0, 0.05) is 18.7 Å². The fourth-order valence-electron chi connectivity index (χ4n) is 2.74. The molecule has 0 bridgehead atoms. The molecule has 0 saturated carbocycles. The van der Waals surface area contributed by atoms with E-state index in [1.807, 2.05) is 42.5 Å². The van der Waals surface area contributed by atoms with Gasteiger partial charge in [-0.2, -0.15) is 0 Å². The lowest BCUT2D eigenvalue weighted by Crippen LogP contribution is -2.28. The first-order valence-electron chi connectivity index (χ1n) is 8.22. The molecule has 23 heavy (non-hydrogen) atoms. The summed E-state index contributed by atoms with van der Waals surface area (Å²) in [5.74, 6) is 0.802. The lowest BCUT2D eigenvalue weighted by molar-refractivity contribution is -0.121. The largest absolute Gasteiger partial charge is 0.399 e. The standard InChI is InChI=1S/C20H26N2O/c1-15(2)19(17-6-4-3-5-7-17)14-20(23)22-13-12-16-8-10-18(21)11-9-16/h3-11,15,19H,12-14,21H2,1-2H3,(H,22,23). The molecule has 3 N–H and O–H groups in total. The Hall–Kier alpha value is -2.29. The first-order chi connectivity index (χ1) is 11.1. The van der Waals surface area contributed by atoms with Crippen molar-refractivity contribution in [1.29, 1.82) is 0 Å². The number of benzene rings is 2. The van der Waals surface area contributed by atoms with Crippen LogP contribution in [0.5, 0.6) is 0 Å². The molecule has 1 amide bonds. The van der Waals surface area contributed by atoms with Gasteiger partial charge in [0.25, 0.3) is 0 Å². The van der Waals surface area contributed by atoms with Gasteiger partial charge in [-0.15, -0.1) is 0 Å². The third-order valence-electron chi connectivity index (χ3n) is 4.15. The predicted octanol–water partition coefficient (Wildman–Crippen LogP) is 3.76. The molecule has 2 aromatic rings. The zero-order valence-electron chi connectivity index (χ0n) is 14.0. The third-order valence-corrected chi connectivity index (χ3v) is 4.15. The van der Waals surface area contributed by atoms with Crippen LogP contribution in [0.25, 0.3) is 0 Å². The molecule has 1 unspecified atom stereocenters. The van der Waals surface area contributed by atoms with Crippen molar-refractivity contribution >= 4 is 11.6 Å². The second-order valence-electron chi connectivity index (χ2n) is 6.31. The highest BCUT2D eigenvalue weighted by atomic mass is 16.1. The van der Waals surface area contributed by atoms with Crippen molar-refractivity contribution < 1.29 is 4.79 Å². The van der Waals surface area contributed by atoms with Gasteiger partial charge >= 0.3 is 0 Å². The lowest BCUT2D eigenvalue weighted by atomic mass is 9.85. The number of nitrogen functional groups attached to an aromatic ring is 1. The fraction of sp³-hybridized carbons (Fsp3) is 0.350. The zero-order chi connectivity index (χ0) is 16.7. The summed E-state index contributed by atoms with van der Waals surface area (Å²) in [6.07, 6.45) is 1.35. The van der Waals surface area contributed by atoms with Gasteiger partial charge in [-0.1, -0.05) is 56.3 Å². The molecule has 0 aliphatic carbocycles. The summed E-state index contributed by atoms with van der Waals surface area (Å²) in [7, 11) is 0. The zero-order valence-corrected chi connectivity index (χ0v) is 14.0. The van der Waals surface area contributed by atoms with Gasteiger partial charge in [0.15, 0.2) is 0 Å². The molecule has 0 saturated heterocycles. The van der Waals surface area contributed by atoms with Gasteiger partial charge in [0.1, 0.15) is 0 Å². The number of amides is 1. The molecular formula is C20H26N2O. The summed E-state index contributed by atoms with van der Waals surface area (Å²) in [6.45, 7) is 4.99. The van der Waals surface area contributed by atoms with Crippen LogP contribution in [0, 0.1) is 5.92 Å². The topological polar surface area (TPSA) is 55.1 Å². The molecule has 2 rings (SSSR count). The van der Waals surface area contributed by atoms with Crippen LogP contribution in [0.2, 0.25) is 0 Å². The predicted molar refractivity (Wildman–Crippen MR) is 96.2 cm³/mol. The maximum absolute atomic E-state index is 12.2. The van der Waals surface area contributed by atoms with Crippen LogP contribution < -0.4 is 11.1 Å². The number of anilines is 1. The SMILES string of the molecule is CC(C)C(CC(=O)NCCc1ccc(N)cc1)c1ccccc1. The summed E-state index contributed by atoms with van der Waals surface area (Å²) in [5, 5.41) is 3.03. The van der Waals surface area contributed by atoms with Crippen molar-refractivity contribution in [2.45, 2.75) is 32.6 Å². The molecule has 3 heteroatoms. The van der Waals surface area contributed by atoms with Crippen LogP contribution in [0.3, 0.4) is 0 Å². The van der Waals surface area contributed by atoms with E-state index in [0.29, 0.717) is 18.9 Å². The summed E-state index contributed by atoms with van der Waals surface area (Å²) < 4.78 is 0. The number of carbonyl (C=O) groups excluding carboxylic acids is 1. The highest BCUT2D eigenvalue weighted by Gasteiger charge is 2.19. The van der Waals surface area contributed by atoms with Crippen LogP contribution in [0.1, 0.15) is 37.3 Å². The highest BCUT2D eigenvalue weighted by molar-refractivity contribution is 5.76. The van der Waals surface area contributed by atoms with Crippen molar-refractivity contribution in [1.82, 2.24) is 5.32 Å². The average Bonchev–Trinajstić information content (AvgIpc) is 2.55. The molecule has 0 heterocycles. The smallest absolute Gasteiger partial charge is 0.220 e. The van der Waals surface area contributed by atoms with Crippen molar-refractivity contribution in [3.05, 3.63) is 65.7 Å². The van der Waals surface area contributed by atoms with Crippen LogP contribution in [0.4, 0.5) is 5.69 Å². The molecule has 0 aromatic heterocycles. The Balaban J connectivity index is 1.84. The highest BCUT2D eigenvalue weighted by Crippen LogP contribution is 2.27. The molecule has 2 aromatic carbocycles. The van der Waals surface area contributed by atoms with E-state index < -0.39 is 0 Å². The van der Waals surface area contributed by atoms with Gasteiger partial charge in [0.05, 0.1) is 0 Å². The van der Waals surface area contributed by atoms with E-state index in [1.54, 1.807) is 0 Å². The Bertz CT molecular complexity index is 605. The minimum absolute atomic E-state index is 0.114. The summed E-state index contributed by atoms with van der Waals surface area (Å²) >= 11 is 0. The Morgan fingerprint density at radius 3 is 2.30 bits per heavy atom. The van der Waals surface area contributed by atoms with Crippen molar-refractivity contribution in [2.75, 3.05) is 12.3 Å². The van der Waals surface area contributed by atoms with Gasteiger partial charge in [-0.05, 0) is 41.5 Å². The Kier molecular flexibility index (Phi) is 6.21. The fourth-order valence-corrected chi connectivity index (χ4v) is 2.74. The summed E-state index contributed by atoms with van der Waals surface area (Å²) in [4.78, 5) is 12.2. The van der Waals surface area contributed by atoms with E-state index in [0.717, 1.165) is 12.1 Å². The van der Waals surface area contributed by atoms with E-state index >= 15 is 0 Å². The van der Waals surface area contributed by atoms with E-state index in [4.69, 9.17) is 5.73 Å². The first kappa shape index (κ1) is 17.1. The van der Waals surface area contributed by atoms with Crippen molar-refractivity contribution in [2.24, 2.45) is 5.92 Å². The van der Waals surface area contributed by atoms with Gasteiger partial charge < -0.3 is 11.1 Å². The summed E-state index contributed by atoms with van der Waals surface area (Å²) in [6, 6.07) is 18.1. The molecule has 122 valence electrons. The normalized spacial score (nSPS) is 12.1. The molecule has 0 fully saturated rings. The van der Waals surface area contributed by atoms with Gasteiger partial charge in [0.2, 0.25) is 5.91 Å². The minimum atomic E-state index is 0.114. The molecule has 0 spiro atoms. The first-order valence-corrected chi connectivity index (χ1v) is 8.22. The van der Waals surface area contributed by atoms with Crippen LogP contribution in [-0.4, -0.2) is 12.5 Å².